The van der Waals surface area contributed by atoms with E-state index in [0.29, 0.717) is 12.7 Å². The van der Waals surface area contributed by atoms with E-state index in [9.17, 15) is 24.0 Å². The summed E-state index contributed by atoms with van der Waals surface area (Å²) in [5, 5.41) is 16.6. The number of hydrogen-bond donors (Lipinski definition) is 5. The summed E-state index contributed by atoms with van der Waals surface area (Å²) in [6.45, 7) is 5.19. The Bertz CT molecular complexity index is 816. The fourth-order valence-electron chi connectivity index (χ4n) is 3.05. The zero-order valence-corrected chi connectivity index (χ0v) is 19.2. The van der Waals surface area contributed by atoms with Crippen LogP contribution < -0.4 is 21.7 Å². The van der Waals surface area contributed by atoms with Gasteiger partial charge in [0.25, 0.3) is 0 Å². The van der Waals surface area contributed by atoms with Crippen molar-refractivity contribution >= 4 is 30.0 Å². The van der Waals surface area contributed by atoms with Crippen molar-refractivity contribution in [3.05, 3.63) is 35.9 Å². The van der Waals surface area contributed by atoms with Crippen molar-refractivity contribution in [2.45, 2.75) is 70.6 Å². The fraction of sp³-hybridized carbons (Fsp3) is 0.522. The maximum absolute atomic E-state index is 13.2. The molecule has 0 aliphatic heterocycles. The highest BCUT2D eigenvalue weighted by Crippen LogP contribution is 2.10. The zero-order chi connectivity index (χ0) is 25.0. The Labute approximate surface area is 193 Å². The van der Waals surface area contributed by atoms with E-state index in [0.717, 1.165) is 5.56 Å². The Morgan fingerprint density at radius 2 is 1.64 bits per heavy atom. The Morgan fingerprint density at radius 3 is 2.18 bits per heavy atom. The molecule has 0 heterocycles. The molecule has 0 fully saturated rings. The van der Waals surface area contributed by atoms with Crippen molar-refractivity contribution in [3.63, 3.8) is 0 Å². The maximum Gasteiger partial charge on any atom is 0.303 e. The lowest BCUT2D eigenvalue weighted by atomic mass is 9.96. The fourth-order valence-corrected chi connectivity index (χ4v) is 3.05. The first-order valence-electron chi connectivity index (χ1n) is 11.0. The first-order chi connectivity index (χ1) is 15.6. The maximum atomic E-state index is 13.2. The standard InChI is InChI=1S/C23H34N4O6/c1-4-14(2)20(23(33)25-15(3)13-28)27-22(32)18(12-16-8-6-5-7-9-16)26-21(31)17(24)10-11-19(29)30/h5-9,13-15,17-18,20H,4,10-12,24H2,1-3H3,(H,25,33)(H,26,31)(H,27,32)(H,29,30)/t14-,15-,17-,18-,20-/m0/s1. The average Bonchev–Trinajstić information content (AvgIpc) is 2.80. The van der Waals surface area contributed by atoms with Gasteiger partial charge in [-0.25, -0.2) is 0 Å². The van der Waals surface area contributed by atoms with E-state index < -0.39 is 47.9 Å². The molecule has 3 amide bonds. The van der Waals surface area contributed by atoms with Crippen LogP contribution in [-0.2, 0) is 30.4 Å². The van der Waals surface area contributed by atoms with Gasteiger partial charge in [-0.2, -0.15) is 0 Å². The molecule has 10 nitrogen and oxygen atoms in total. The molecular weight excluding hydrogens is 428 g/mol. The Hall–Kier alpha value is -3.27. The van der Waals surface area contributed by atoms with Gasteiger partial charge in [0.15, 0.2) is 0 Å². The third kappa shape index (κ3) is 9.82. The monoisotopic (exact) mass is 462 g/mol. The van der Waals surface area contributed by atoms with Crippen molar-refractivity contribution in [1.29, 1.82) is 0 Å². The number of rotatable bonds is 14. The summed E-state index contributed by atoms with van der Waals surface area (Å²) in [6.07, 6.45) is 0.954. The minimum atomic E-state index is -1.10. The van der Waals surface area contributed by atoms with Crippen molar-refractivity contribution in [2.75, 3.05) is 0 Å². The molecule has 6 N–H and O–H groups in total. The Morgan fingerprint density at radius 1 is 1.00 bits per heavy atom. The molecule has 0 spiro atoms. The second kappa shape index (κ2) is 14.0. The van der Waals surface area contributed by atoms with Gasteiger partial charge in [-0.1, -0.05) is 50.6 Å². The smallest absolute Gasteiger partial charge is 0.303 e. The third-order valence-electron chi connectivity index (χ3n) is 5.29. The van der Waals surface area contributed by atoms with Crippen LogP contribution in [0.4, 0.5) is 0 Å². The first kappa shape index (κ1) is 27.8. The molecule has 0 saturated carbocycles. The van der Waals surface area contributed by atoms with E-state index in [1.165, 1.54) is 6.92 Å². The number of amides is 3. The van der Waals surface area contributed by atoms with Crippen LogP contribution in [-0.4, -0.2) is 59.3 Å². The summed E-state index contributed by atoms with van der Waals surface area (Å²) in [7, 11) is 0. The average molecular weight is 463 g/mol. The van der Waals surface area contributed by atoms with Crippen molar-refractivity contribution in [1.82, 2.24) is 16.0 Å². The van der Waals surface area contributed by atoms with Crippen LogP contribution >= 0.6 is 0 Å². The molecule has 1 rings (SSSR count). The number of benzene rings is 1. The molecule has 0 aromatic heterocycles. The van der Waals surface area contributed by atoms with Gasteiger partial charge in [0, 0.05) is 12.8 Å². The lowest BCUT2D eigenvalue weighted by Gasteiger charge is -2.27. The topological polar surface area (TPSA) is 168 Å². The van der Waals surface area contributed by atoms with Crippen LogP contribution in [0, 0.1) is 5.92 Å². The Kier molecular flexibility index (Phi) is 11.8. The number of nitrogens with two attached hydrogens (primary N) is 1. The van der Waals surface area contributed by atoms with Gasteiger partial charge in [-0.3, -0.25) is 19.2 Å². The number of carbonyl (C=O) groups excluding carboxylic acids is 4. The van der Waals surface area contributed by atoms with Gasteiger partial charge in [-0.05, 0) is 24.8 Å². The first-order valence-corrected chi connectivity index (χ1v) is 11.0. The second-order valence-electron chi connectivity index (χ2n) is 8.09. The highest BCUT2D eigenvalue weighted by atomic mass is 16.4. The molecule has 0 saturated heterocycles. The molecule has 0 unspecified atom stereocenters. The largest absolute Gasteiger partial charge is 0.481 e. The number of carboxylic acids is 1. The van der Waals surface area contributed by atoms with Gasteiger partial charge < -0.3 is 31.6 Å². The van der Waals surface area contributed by atoms with Gasteiger partial charge in [0.1, 0.15) is 18.4 Å². The van der Waals surface area contributed by atoms with Gasteiger partial charge in [0.2, 0.25) is 17.7 Å². The van der Waals surface area contributed by atoms with Crippen LogP contribution in [0.15, 0.2) is 30.3 Å². The molecular formula is C23H34N4O6. The number of hydrogen-bond acceptors (Lipinski definition) is 6. The lowest BCUT2D eigenvalue weighted by molar-refractivity contribution is -0.137. The molecule has 33 heavy (non-hydrogen) atoms. The predicted molar refractivity (Wildman–Crippen MR) is 122 cm³/mol. The highest BCUT2D eigenvalue weighted by Gasteiger charge is 2.31. The van der Waals surface area contributed by atoms with Crippen molar-refractivity contribution in [3.8, 4) is 0 Å². The molecule has 1 aromatic rings. The van der Waals surface area contributed by atoms with Gasteiger partial charge in [-0.15, -0.1) is 0 Å². The molecule has 0 radical (unpaired) electrons. The minimum Gasteiger partial charge on any atom is -0.481 e. The molecule has 0 aliphatic carbocycles. The number of aldehydes is 1. The number of nitrogens with one attached hydrogen (secondary N) is 3. The van der Waals surface area contributed by atoms with Crippen molar-refractivity contribution < 1.29 is 29.1 Å². The number of aliphatic carboxylic acids is 1. The molecule has 1 aromatic carbocycles. The summed E-state index contributed by atoms with van der Waals surface area (Å²) in [4.78, 5) is 60.0. The molecule has 0 bridgehead atoms. The molecule has 5 atom stereocenters. The van der Waals surface area contributed by atoms with Gasteiger partial charge >= 0.3 is 5.97 Å². The van der Waals surface area contributed by atoms with E-state index in [-0.39, 0.29) is 25.2 Å². The third-order valence-corrected chi connectivity index (χ3v) is 5.29. The van der Waals surface area contributed by atoms with E-state index in [1.54, 1.807) is 31.2 Å². The zero-order valence-electron chi connectivity index (χ0n) is 19.2. The lowest BCUT2D eigenvalue weighted by Crippen LogP contribution is -2.58. The van der Waals surface area contributed by atoms with Crippen LogP contribution in [0.3, 0.4) is 0 Å². The summed E-state index contributed by atoms with van der Waals surface area (Å²) in [6, 6.07) is 5.21. The summed E-state index contributed by atoms with van der Waals surface area (Å²) >= 11 is 0. The van der Waals surface area contributed by atoms with Crippen LogP contribution in [0.25, 0.3) is 0 Å². The summed E-state index contributed by atoms with van der Waals surface area (Å²) < 4.78 is 0. The molecule has 0 aliphatic rings. The van der Waals surface area contributed by atoms with Gasteiger partial charge in [0.05, 0.1) is 12.1 Å². The predicted octanol–water partition coefficient (Wildman–Crippen LogP) is 0.141. The summed E-state index contributed by atoms with van der Waals surface area (Å²) in [5.41, 5.74) is 6.57. The van der Waals surface area contributed by atoms with Crippen LogP contribution in [0.1, 0.15) is 45.6 Å². The van der Waals surface area contributed by atoms with Crippen molar-refractivity contribution in [2.24, 2.45) is 11.7 Å². The van der Waals surface area contributed by atoms with E-state index in [1.807, 2.05) is 13.0 Å². The number of carboxylic acid groups (broad SMARTS) is 1. The van der Waals surface area contributed by atoms with E-state index in [4.69, 9.17) is 10.8 Å². The van der Waals surface area contributed by atoms with E-state index >= 15 is 0 Å². The summed E-state index contributed by atoms with van der Waals surface area (Å²) in [5.74, 6) is -3.06. The SMILES string of the molecule is CC[C@H](C)[C@H](NC(=O)[C@H](Cc1ccccc1)NC(=O)[C@@H](N)CCC(=O)O)C(=O)N[C@@H](C)C=O. The van der Waals surface area contributed by atoms with E-state index in [2.05, 4.69) is 16.0 Å². The normalized spacial score (nSPS) is 15.3. The van der Waals surface area contributed by atoms with Crippen LogP contribution in [0.5, 0.6) is 0 Å². The quantitative estimate of drug-likeness (QED) is 0.245. The number of carbonyl (C=O) groups is 5. The molecule has 10 heteroatoms. The minimum absolute atomic E-state index is 0.0810. The Balaban J connectivity index is 3.04. The van der Waals surface area contributed by atoms with Crippen LogP contribution in [0.2, 0.25) is 0 Å². The molecule has 182 valence electrons. The second-order valence-corrected chi connectivity index (χ2v) is 8.09. The highest BCUT2D eigenvalue weighted by molar-refractivity contribution is 5.94.